The molecule has 5 nitrogen and oxygen atoms in total. The zero-order valence-electron chi connectivity index (χ0n) is 11.7. The molecule has 2 unspecified atom stereocenters. The minimum absolute atomic E-state index is 0.197. The molecule has 1 saturated heterocycles. The lowest BCUT2D eigenvalue weighted by Gasteiger charge is -2.30. The van der Waals surface area contributed by atoms with Crippen molar-refractivity contribution >= 4 is 0 Å². The zero-order valence-corrected chi connectivity index (χ0v) is 11.7. The topological polar surface area (TPSA) is 60.6 Å². The van der Waals surface area contributed by atoms with E-state index < -0.39 is 0 Å². The smallest absolute Gasteiger partial charge is 0.212 e. The van der Waals surface area contributed by atoms with Crippen LogP contribution < -0.4 is 10.5 Å². The lowest BCUT2D eigenvalue weighted by atomic mass is 10.1. The summed E-state index contributed by atoms with van der Waals surface area (Å²) in [7, 11) is 1.62. The number of nitrogens with zero attached hydrogens (tertiary/aromatic N) is 2. The molecule has 2 atom stereocenters. The van der Waals surface area contributed by atoms with Crippen LogP contribution >= 0.6 is 0 Å². The molecule has 1 aromatic rings. The summed E-state index contributed by atoms with van der Waals surface area (Å²) in [5.74, 6) is 0.632. The minimum Gasteiger partial charge on any atom is -0.481 e. The Kier molecular flexibility index (Phi) is 5.13. The van der Waals surface area contributed by atoms with Gasteiger partial charge in [-0.3, -0.25) is 4.90 Å². The second-order valence-electron chi connectivity index (χ2n) is 4.92. The van der Waals surface area contributed by atoms with Gasteiger partial charge < -0.3 is 15.2 Å². The van der Waals surface area contributed by atoms with Gasteiger partial charge in [0.1, 0.15) is 0 Å². The average molecular weight is 265 g/mol. The molecule has 1 aliphatic heterocycles. The summed E-state index contributed by atoms with van der Waals surface area (Å²) in [6.45, 7) is 5.45. The predicted molar refractivity (Wildman–Crippen MR) is 74.2 cm³/mol. The maximum absolute atomic E-state index is 5.96. The minimum atomic E-state index is 0.197. The SMILES string of the molecule is COc1ccc(C(CN)N2CCCOC(C)C2)cn1. The van der Waals surface area contributed by atoms with Crippen LogP contribution in [0.3, 0.4) is 0 Å². The van der Waals surface area contributed by atoms with Crippen LogP contribution in [0.25, 0.3) is 0 Å². The molecular weight excluding hydrogens is 242 g/mol. The Morgan fingerprint density at radius 2 is 2.42 bits per heavy atom. The van der Waals surface area contributed by atoms with Gasteiger partial charge in [0.05, 0.1) is 13.2 Å². The van der Waals surface area contributed by atoms with Crippen molar-refractivity contribution in [3.05, 3.63) is 23.9 Å². The van der Waals surface area contributed by atoms with Crippen LogP contribution in [0.4, 0.5) is 0 Å². The molecule has 1 fully saturated rings. The second-order valence-corrected chi connectivity index (χ2v) is 4.92. The van der Waals surface area contributed by atoms with E-state index in [1.54, 1.807) is 7.11 Å². The lowest BCUT2D eigenvalue weighted by molar-refractivity contribution is 0.0611. The van der Waals surface area contributed by atoms with Gasteiger partial charge in [0.15, 0.2) is 0 Å². The zero-order chi connectivity index (χ0) is 13.7. The Balaban J connectivity index is 2.12. The van der Waals surface area contributed by atoms with E-state index in [0.717, 1.165) is 31.7 Å². The molecule has 0 aliphatic carbocycles. The molecule has 2 heterocycles. The second kappa shape index (κ2) is 6.84. The van der Waals surface area contributed by atoms with Gasteiger partial charge in [-0.1, -0.05) is 6.07 Å². The van der Waals surface area contributed by atoms with Gasteiger partial charge in [-0.05, 0) is 18.9 Å². The van der Waals surface area contributed by atoms with Crippen LogP contribution in [0.2, 0.25) is 0 Å². The Labute approximate surface area is 114 Å². The molecule has 19 heavy (non-hydrogen) atoms. The fourth-order valence-electron chi connectivity index (χ4n) is 2.52. The normalized spacial score (nSPS) is 22.8. The molecule has 0 spiro atoms. The third kappa shape index (κ3) is 3.65. The Morgan fingerprint density at radius 1 is 1.58 bits per heavy atom. The number of rotatable bonds is 4. The number of pyridine rings is 1. The van der Waals surface area contributed by atoms with Crippen molar-refractivity contribution in [2.45, 2.75) is 25.5 Å². The summed E-state index contributed by atoms with van der Waals surface area (Å²) >= 11 is 0. The third-order valence-electron chi connectivity index (χ3n) is 3.50. The number of ether oxygens (including phenoxy) is 2. The summed E-state index contributed by atoms with van der Waals surface area (Å²) < 4.78 is 10.8. The van der Waals surface area contributed by atoms with E-state index in [0.29, 0.717) is 12.4 Å². The van der Waals surface area contributed by atoms with Crippen molar-refractivity contribution in [3.8, 4) is 5.88 Å². The van der Waals surface area contributed by atoms with Crippen LogP contribution in [-0.4, -0.2) is 49.3 Å². The monoisotopic (exact) mass is 265 g/mol. The highest BCUT2D eigenvalue weighted by atomic mass is 16.5. The molecule has 2 N–H and O–H groups in total. The van der Waals surface area contributed by atoms with Crippen molar-refractivity contribution in [1.29, 1.82) is 0 Å². The fraction of sp³-hybridized carbons (Fsp3) is 0.643. The molecule has 106 valence electrons. The van der Waals surface area contributed by atoms with Crippen molar-refractivity contribution < 1.29 is 9.47 Å². The van der Waals surface area contributed by atoms with Crippen LogP contribution in [0.1, 0.15) is 24.9 Å². The quantitative estimate of drug-likeness (QED) is 0.886. The van der Waals surface area contributed by atoms with E-state index in [-0.39, 0.29) is 12.1 Å². The highest BCUT2D eigenvalue weighted by molar-refractivity contribution is 5.21. The molecule has 0 saturated carbocycles. The van der Waals surface area contributed by atoms with Crippen molar-refractivity contribution in [3.63, 3.8) is 0 Å². The van der Waals surface area contributed by atoms with E-state index in [4.69, 9.17) is 15.2 Å². The summed E-state index contributed by atoms with van der Waals surface area (Å²) in [5.41, 5.74) is 7.10. The van der Waals surface area contributed by atoms with Gasteiger partial charge in [0.25, 0.3) is 0 Å². The van der Waals surface area contributed by atoms with Crippen LogP contribution in [0.5, 0.6) is 5.88 Å². The van der Waals surface area contributed by atoms with Gasteiger partial charge in [0.2, 0.25) is 5.88 Å². The molecule has 0 radical (unpaired) electrons. The van der Waals surface area contributed by atoms with E-state index in [9.17, 15) is 0 Å². The van der Waals surface area contributed by atoms with E-state index >= 15 is 0 Å². The average Bonchev–Trinajstić information content (AvgIpc) is 2.65. The van der Waals surface area contributed by atoms with Crippen molar-refractivity contribution in [1.82, 2.24) is 9.88 Å². The first-order valence-electron chi connectivity index (χ1n) is 6.80. The van der Waals surface area contributed by atoms with E-state index in [1.807, 2.05) is 18.3 Å². The van der Waals surface area contributed by atoms with Gasteiger partial charge in [-0.15, -0.1) is 0 Å². The molecule has 5 heteroatoms. The summed E-state index contributed by atoms with van der Waals surface area (Å²) in [6.07, 6.45) is 3.15. The standard InChI is InChI=1S/C14H23N3O2/c1-11-10-17(6-3-7-19-11)13(8-15)12-4-5-14(18-2)16-9-12/h4-5,9,11,13H,3,6-8,10,15H2,1-2H3. The number of nitrogens with two attached hydrogens (primary N) is 1. The molecule has 1 aliphatic rings. The maximum atomic E-state index is 5.96. The molecule has 1 aromatic heterocycles. The van der Waals surface area contributed by atoms with E-state index in [2.05, 4.69) is 16.8 Å². The fourth-order valence-corrected chi connectivity index (χ4v) is 2.52. The Bertz CT molecular complexity index is 383. The lowest BCUT2D eigenvalue weighted by Crippen LogP contribution is -2.37. The van der Waals surface area contributed by atoms with Gasteiger partial charge in [-0.25, -0.2) is 4.98 Å². The van der Waals surface area contributed by atoms with Crippen LogP contribution in [-0.2, 0) is 4.74 Å². The largest absolute Gasteiger partial charge is 0.481 e. The predicted octanol–water partition coefficient (Wildman–Crippen LogP) is 1.20. The highest BCUT2D eigenvalue weighted by Crippen LogP contribution is 2.22. The number of methoxy groups -OCH3 is 1. The number of hydrogen-bond donors (Lipinski definition) is 1. The Hall–Kier alpha value is -1.17. The van der Waals surface area contributed by atoms with Gasteiger partial charge in [-0.2, -0.15) is 0 Å². The van der Waals surface area contributed by atoms with E-state index in [1.165, 1.54) is 0 Å². The maximum Gasteiger partial charge on any atom is 0.212 e. The Morgan fingerprint density at radius 3 is 3.05 bits per heavy atom. The van der Waals surface area contributed by atoms with Crippen molar-refractivity contribution in [2.24, 2.45) is 5.73 Å². The highest BCUT2D eigenvalue weighted by Gasteiger charge is 2.23. The van der Waals surface area contributed by atoms with Crippen molar-refractivity contribution in [2.75, 3.05) is 33.4 Å². The van der Waals surface area contributed by atoms with Crippen LogP contribution in [0, 0.1) is 0 Å². The first kappa shape index (κ1) is 14.2. The first-order valence-corrected chi connectivity index (χ1v) is 6.80. The molecule has 2 rings (SSSR count). The summed E-state index contributed by atoms with van der Waals surface area (Å²) in [4.78, 5) is 6.66. The molecule has 0 aromatic carbocycles. The summed E-state index contributed by atoms with van der Waals surface area (Å²) in [5, 5.41) is 0. The first-order chi connectivity index (χ1) is 9.24. The summed E-state index contributed by atoms with van der Waals surface area (Å²) in [6, 6.07) is 4.12. The number of hydrogen-bond acceptors (Lipinski definition) is 5. The number of aromatic nitrogens is 1. The molecular formula is C14H23N3O2. The van der Waals surface area contributed by atoms with Crippen LogP contribution in [0.15, 0.2) is 18.3 Å². The molecule has 0 amide bonds. The molecule has 0 bridgehead atoms. The van der Waals surface area contributed by atoms with Gasteiger partial charge >= 0.3 is 0 Å². The third-order valence-corrected chi connectivity index (χ3v) is 3.50. The van der Waals surface area contributed by atoms with Gasteiger partial charge in [0, 0.05) is 44.5 Å².